The van der Waals surface area contributed by atoms with Crippen LogP contribution in [-0.2, 0) is 11.0 Å². The molecule has 1 aliphatic carbocycles. The first-order valence-corrected chi connectivity index (χ1v) is 10.2. The number of rotatable bonds is 6. The predicted octanol–water partition coefficient (Wildman–Crippen LogP) is 4.71. The molecule has 29 heavy (non-hydrogen) atoms. The Kier molecular flexibility index (Phi) is 4.33. The fourth-order valence-electron chi connectivity index (χ4n) is 4.63. The summed E-state index contributed by atoms with van der Waals surface area (Å²) >= 11 is 0. The second kappa shape index (κ2) is 7.02. The van der Waals surface area contributed by atoms with Crippen molar-refractivity contribution in [3.05, 3.63) is 126 Å². The molecule has 1 saturated carbocycles. The predicted molar refractivity (Wildman–Crippen MR) is 117 cm³/mol. The molecular weight excluding hydrogens is 354 g/mol. The number of nitrogens with zero attached hydrogens (tertiary/aromatic N) is 2. The van der Waals surface area contributed by atoms with Crippen LogP contribution in [0.3, 0.4) is 0 Å². The van der Waals surface area contributed by atoms with E-state index in [0.29, 0.717) is 6.54 Å². The molecule has 0 bridgehead atoms. The van der Waals surface area contributed by atoms with Crippen molar-refractivity contribution < 1.29 is 0 Å². The van der Waals surface area contributed by atoms with Gasteiger partial charge >= 0.3 is 0 Å². The molecule has 0 radical (unpaired) electrons. The van der Waals surface area contributed by atoms with Crippen LogP contribution in [0.4, 0.5) is 0 Å². The molecule has 2 N–H and O–H groups in total. The van der Waals surface area contributed by atoms with Crippen LogP contribution in [-0.4, -0.2) is 16.1 Å². The standard InChI is InChI=1S/C26H25N3/c27-19-25(16-17-25)24-18-28-20-29(24)26(21-10-4-1-5-11-21,22-12-6-2-7-13-22)23-14-8-3-9-15-23/h1-15,18,20H,16-17,19,27H2. The van der Waals surface area contributed by atoms with E-state index in [-0.39, 0.29) is 5.41 Å². The Morgan fingerprint density at radius 2 is 1.21 bits per heavy atom. The van der Waals surface area contributed by atoms with Crippen LogP contribution in [0.15, 0.2) is 104 Å². The molecule has 1 fully saturated rings. The quantitative estimate of drug-likeness (QED) is 0.493. The summed E-state index contributed by atoms with van der Waals surface area (Å²) in [6, 6.07) is 32.2. The van der Waals surface area contributed by atoms with Gasteiger partial charge < -0.3 is 10.3 Å². The average Bonchev–Trinajstić information content (AvgIpc) is 3.45. The van der Waals surface area contributed by atoms with Gasteiger partial charge in [0.1, 0.15) is 5.54 Å². The zero-order valence-electron chi connectivity index (χ0n) is 16.4. The molecule has 0 spiro atoms. The van der Waals surface area contributed by atoms with Crippen molar-refractivity contribution in [2.24, 2.45) is 5.73 Å². The van der Waals surface area contributed by atoms with Gasteiger partial charge in [-0.1, -0.05) is 91.0 Å². The largest absolute Gasteiger partial charge is 0.330 e. The van der Waals surface area contributed by atoms with Crippen LogP contribution in [0.25, 0.3) is 0 Å². The molecule has 0 saturated heterocycles. The molecule has 5 rings (SSSR count). The van der Waals surface area contributed by atoms with E-state index in [1.165, 1.54) is 22.4 Å². The Balaban J connectivity index is 1.89. The first-order valence-electron chi connectivity index (χ1n) is 10.2. The lowest BCUT2D eigenvalue weighted by molar-refractivity contribution is 0.471. The second-order valence-electron chi connectivity index (χ2n) is 7.94. The van der Waals surface area contributed by atoms with Gasteiger partial charge in [-0.25, -0.2) is 4.98 Å². The molecule has 0 atom stereocenters. The molecule has 1 aromatic heterocycles. The molecule has 0 aliphatic heterocycles. The number of imidazole rings is 1. The molecule has 1 aliphatic rings. The Morgan fingerprint density at radius 3 is 1.59 bits per heavy atom. The first kappa shape index (κ1) is 17.9. The lowest BCUT2D eigenvalue weighted by Gasteiger charge is -2.39. The van der Waals surface area contributed by atoms with Gasteiger partial charge in [-0.05, 0) is 29.5 Å². The van der Waals surface area contributed by atoms with Gasteiger partial charge in [0.2, 0.25) is 0 Å². The van der Waals surface area contributed by atoms with Crippen LogP contribution < -0.4 is 5.73 Å². The number of hydrogen-bond acceptors (Lipinski definition) is 2. The summed E-state index contributed by atoms with van der Waals surface area (Å²) in [4.78, 5) is 4.63. The minimum absolute atomic E-state index is 0.0279. The van der Waals surface area contributed by atoms with Crippen LogP contribution in [0.1, 0.15) is 35.2 Å². The van der Waals surface area contributed by atoms with E-state index in [2.05, 4.69) is 101 Å². The van der Waals surface area contributed by atoms with Gasteiger partial charge in [-0.3, -0.25) is 0 Å². The molecule has 0 unspecified atom stereocenters. The Morgan fingerprint density at radius 1 is 0.759 bits per heavy atom. The highest BCUT2D eigenvalue weighted by molar-refractivity contribution is 5.52. The van der Waals surface area contributed by atoms with Crippen molar-refractivity contribution >= 4 is 0 Å². The maximum absolute atomic E-state index is 6.25. The number of benzene rings is 3. The molecule has 3 heteroatoms. The number of nitrogens with two attached hydrogens (primary N) is 1. The lowest BCUT2D eigenvalue weighted by atomic mass is 9.76. The zero-order valence-corrected chi connectivity index (χ0v) is 16.4. The Hall–Kier alpha value is -3.17. The van der Waals surface area contributed by atoms with Gasteiger partial charge in [0.25, 0.3) is 0 Å². The van der Waals surface area contributed by atoms with Crippen molar-refractivity contribution in [3.63, 3.8) is 0 Å². The van der Waals surface area contributed by atoms with Gasteiger partial charge in [0.05, 0.1) is 6.33 Å². The second-order valence-corrected chi connectivity index (χ2v) is 7.94. The Bertz CT molecular complexity index is 984. The summed E-state index contributed by atoms with van der Waals surface area (Å²) in [6.07, 6.45) is 6.23. The van der Waals surface area contributed by atoms with Crippen LogP contribution >= 0.6 is 0 Å². The van der Waals surface area contributed by atoms with Gasteiger partial charge in [0, 0.05) is 23.9 Å². The van der Waals surface area contributed by atoms with E-state index in [0.717, 1.165) is 12.8 Å². The van der Waals surface area contributed by atoms with E-state index in [4.69, 9.17) is 5.73 Å². The third-order valence-electron chi connectivity index (χ3n) is 6.36. The number of aromatic nitrogens is 2. The van der Waals surface area contributed by atoms with Crippen LogP contribution in [0, 0.1) is 0 Å². The molecule has 4 aromatic rings. The summed E-state index contributed by atoms with van der Waals surface area (Å²) in [5.41, 5.74) is 10.6. The van der Waals surface area contributed by atoms with Crippen LogP contribution in [0.2, 0.25) is 0 Å². The molecule has 1 heterocycles. The molecular formula is C26H25N3. The number of hydrogen-bond donors (Lipinski definition) is 1. The normalized spacial score (nSPS) is 15.2. The first-order chi connectivity index (χ1) is 14.3. The summed E-state index contributed by atoms with van der Waals surface area (Å²) in [5.74, 6) is 0. The fraction of sp³-hybridized carbons (Fsp3) is 0.192. The van der Waals surface area contributed by atoms with Crippen molar-refractivity contribution in [1.29, 1.82) is 0 Å². The summed E-state index contributed by atoms with van der Waals surface area (Å²) in [5, 5.41) is 0. The third kappa shape index (κ3) is 2.73. The minimum atomic E-state index is -0.514. The molecule has 3 nitrogen and oxygen atoms in total. The summed E-state index contributed by atoms with van der Waals surface area (Å²) in [7, 11) is 0. The topological polar surface area (TPSA) is 43.8 Å². The fourth-order valence-corrected chi connectivity index (χ4v) is 4.63. The van der Waals surface area contributed by atoms with Gasteiger partial charge in [-0.15, -0.1) is 0 Å². The highest BCUT2D eigenvalue weighted by Crippen LogP contribution is 2.50. The van der Waals surface area contributed by atoms with Crippen molar-refractivity contribution in [3.8, 4) is 0 Å². The molecule has 0 amide bonds. The molecule has 3 aromatic carbocycles. The highest BCUT2D eigenvalue weighted by Gasteiger charge is 2.49. The monoisotopic (exact) mass is 379 g/mol. The van der Waals surface area contributed by atoms with Gasteiger partial charge in [-0.2, -0.15) is 0 Å². The van der Waals surface area contributed by atoms with Gasteiger partial charge in [0.15, 0.2) is 0 Å². The van der Waals surface area contributed by atoms with E-state index in [9.17, 15) is 0 Å². The maximum Gasteiger partial charge on any atom is 0.121 e. The lowest BCUT2D eigenvalue weighted by Crippen LogP contribution is -2.40. The van der Waals surface area contributed by atoms with Crippen molar-refractivity contribution in [2.45, 2.75) is 23.8 Å². The van der Waals surface area contributed by atoms with E-state index < -0.39 is 5.54 Å². The maximum atomic E-state index is 6.25. The molecule has 144 valence electrons. The summed E-state index contributed by atoms with van der Waals surface area (Å²) in [6.45, 7) is 0.646. The van der Waals surface area contributed by atoms with E-state index in [1.807, 2.05) is 12.5 Å². The Labute approximate surface area is 171 Å². The third-order valence-corrected chi connectivity index (χ3v) is 6.36. The SMILES string of the molecule is NCC1(c2cncn2C(c2ccccc2)(c2ccccc2)c2ccccc2)CC1. The average molecular weight is 380 g/mol. The smallest absolute Gasteiger partial charge is 0.121 e. The highest BCUT2D eigenvalue weighted by atomic mass is 15.1. The van der Waals surface area contributed by atoms with Crippen molar-refractivity contribution in [2.75, 3.05) is 6.54 Å². The zero-order chi connectivity index (χ0) is 19.7. The van der Waals surface area contributed by atoms with Crippen molar-refractivity contribution in [1.82, 2.24) is 9.55 Å². The van der Waals surface area contributed by atoms with Crippen LogP contribution in [0.5, 0.6) is 0 Å². The minimum Gasteiger partial charge on any atom is -0.330 e. The summed E-state index contributed by atoms with van der Waals surface area (Å²) < 4.78 is 2.37. The van der Waals surface area contributed by atoms with E-state index >= 15 is 0 Å². The van der Waals surface area contributed by atoms with E-state index in [1.54, 1.807) is 0 Å².